The van der Waals surface area contributed by atoms with E-state index in [1.165, 1.54) is 24.3 Å². The smallest absolute Gasteiger partial charge is 0.300 e. The molecule has 246 valence electrons. The van der Waals surface area contributed by atoms with E-state index in [-0.39, 0.29) is 49.2 Å². The Morgan fingerprint density at radius 1 is 1.02 bits per heavy atom. The molecule has 2 aromatic carbocycles. The summed E-state index contributed by atoms with van der Waals surface area (Å²) < 4.78 is 0. The zero-order valence-electron chi connectivity index (χ0n) is 25.3. The normalized spacial score (nSPS) is 11.5. The number of rotatable bonds is 16. The standard InChI is InChI=1S/C27H38N8O6.C2H4O2/c1-2-34(15-13-18-5-9-20(10-6-18)35(40)41)24(37)17-32-26(39)23(4-3-14-31-27(29)30)33-25(38)22(28)16-19-7-11-21(36)12-8-19;1-2(3)4/h5-12,22-23,36H,2-4,13-17,28H2,1H3,(H,32,39)(H,33,38)(H4,29,30,31);1H3,(H,3,4)/t22-,23+;/m0./s1. The Balaban J connectivity index is 0.00000238. The Hall–Kier alpha value is -5.25. The van der Waals surface area contributed by atoms with Gasteiger partial charge in [-0.1, -0.05) is 24.3 Å². The average Bonchev–Trinajstić information content (AvgIpc) is 2.98. The number of phenols is 1. The predicted molar refractivity (Wildman–Crippen MR) is 167 cm³/mol. The summed E-state index contributed by atoms with van der Waals surface area (Å²) in [5, 5.41) is 32.9. The minimum Gasteiger partial charge on any atom is -0.508 e. The molecule has 0 bridgehead atoms. The number of nitrogens with two attached hydrogens (primary N) is 3. The number of non-ortho nitro benzene ring substituents is 1. The molecule has 0 radical (unpaired) electrons. The Bertz CT molecular complexity index is 1290. The molecule has 0 saturated heterocycles. The van der Waals surface area contributed by atoms with Gasteiger partial charge >= 0.3 is 0 Å². The molecule has 2 aromatic rings. The van der Waals surface area contributed by atoms with Gasteiger partial charge in [-0.3, -0.25) is 34.3 Å². The number of carbonyl (C=O) groups is 4. The molecule has 0 spiro atoms. The van der Waals surface area contributed by atoms with Crippen molar-refractivity contribution in [2.24, 2.45) is 22.2 Å². The SMILES string of the molecule is CC(=O)O.CCN(CCc1ccc([N+](=O)[O-])cc1)C(=O)CNC(=O)[C@@H](CCCN=C(N)N)NC(=O)[C@@H](N)Cc1ccc(O)cc1. The van der Waals surface area contributed by atoms with Crippen LogP contribution in [-0.2, 0) is 32.0 Å². The van der Waals surface area contributed by atoms with Crippen LogP contribution in [0.5, 0.6) is 5.75 Å². The number of likely N-dealkylation sites (N-methyl/N-ethyl adjacent to an activating group) is 1. The summed E-state index contributed by atoms with van der Waals surface area (Å²) in [6.45, 7) is 3.59. The quantitative estimate of drug-likeness (QED) is 0.0426. The van der Waals surface area contributed by atoms with Gasteiger partial charge in [0.1, 0.15) is 11.8 Å². The number of amides is 3. The highest BCUT2D eigenvalue weighted by molar-refractivity contribution is 5.91. The van der Waals surface area contributed by atoms with Crippen molar-refractivity contribution < 1.29 is 34.3 Å². The van der Waals surface area contributed by atoms with Crippen molar-refractivity contribution >= 4 is 35.3 Å². The van der Waals surface area contributed by atoms with Crippen LogP contribution in [0.15, 0.2) is 53.5 Å². The molecule has 0 aliphatic rings. The highest BCUT2D eigenvalue weighted by Gasteiger charge is 2.25. The largest absolute Gasteiger partial charge is 0.508 e. The van der Waals surface area contributed by atoms with Gasteiger partial charge in [0, 0.05) is 38.7 Å². The summed E-state index contributed by atoms with van der Waals surface area (Å²) >= 11 is 0. The maximum absolute atomic E-state index is 13.0. The predicted octanol–water partition coefficient (Wildman–Crippen LogP) is 0.00690. The van der Waals surface area contributed by atoms with Crippen LogP contribution in [0.2, 0.25) is 0 Å². The van der Waals surface area contributed by atoms with Gasteiger partial charge in [0.25, 0.3) is 11.7 Å². The molecule has 2 rings (SSSR count). The van der Waals surface area contributed by atoms with Crippen LogP contribution in [0.1, 0.15) is 37.8 Å². The molecule has 45 heavy (non-hydrogen) atoms. The highest BCUT2D eigenvalue weighted by atomic mass is 16.6. The van der Waals surface area contributed by atoms with E-state index in [9.17, 15) is 29.6 Å². The third kappa shape index (κ3) is 15.7. The zero-order chi connectivity index (χ0) is 33.9. The first-order valence-corrected chi connectivity index (χ1v) is 14.1. The number of benzene rings is 2. The lowest BCUT2D eigenvalue weighted by Gasteiger charge is -2.23. The summed E-state index contributed by atoms with van der Waals surface area (Å²) in [6.07, 6.45) is 1.25. The Morgan fingerprint density at radius 3 is 2.13 bits per heavy atom. The van der Waals surface area contributed by atoms with Crippen molar-refractivity contribution in [1.82, 2.24) is 15.5 Å². The van der Waals surface area contributed by atoms with E-state index in [1.807, 2.05) is 0 Å². The summed E-state index contributed by atoms with van der Waals surface area (Å²) in [5.74, 6) is -2.27. The summed E-state index contributed by atoms with van der Waals surface area (Å²) in [6, 6.07) is 10.4. The molecule has 0 aliphatic carbocycles. The fraction of sp³-hybridized carbons (Fsp3) is 0.414. The molecule has 0 unspecified atom stereocenters. The van der Waals surface area contributed by atoms with Gasteiger partial charge in [0.2, 0.25) is 17.7 Å². The number of aromatic hydroxyl groups is 1. The van der Waals surface area contributed by atoms with Crippen molar-refractivity contribution in [2.45, 2.75) is 51.6 Å². The van der Waals surface area contributed by atoms with Gasteiger partial charge in [0.05, 0.1) is 17.5 Å². The van der Waals surface area contributed by atoms with Gasteiger partial charge < -0.3 is 42.9 Å². The van der Waals surface area contributed by atoms with Gasteiger partial charge in [-0.25, -0.2) is 0 Å². The molecule has 0 saturated carbocycles. The van der Waals surface area contributed by atoms with Crippen LogP contribution in [0, 0.1) is 10.1 Å². The lowest BCUT2D eigenvalue weighted by molar-refractivity contribution is -0.384. The molecular weight excluding hydrogens is 588 g/mol. The molecule has 0 aliphatic heterocycles. The second-order valence-electron chi connectivity index (χ2n) is 9.87. The Labute approximate surface area is 260 Å². The first-order valence-electron chi connectivity index (χ1n) is 14.1. The van der Waals surface area contributed by atoms with Crippen LogP contribution in [-0.4, -0.2) is 87.9 Å². The topological polar surface area (TPSA) is 270 Å². The van der Waals surface area contributed by atoms with Gasteiger partial charge in [-0.2, -0.15) is 0 Å². The maximum atomic E-state index is 13.0. The van der Waals surface area contributed by atoms with E-state index in [1.54, 1.807) is 36.1 Å². The minimum atomic E-state index is -0.981. The molecule has 0 aromatic heterocycles. The number of hydrogen-bond donors (Lipinski definition) is 7. The number of nitro groups is 1. The second kappa shape index (κ2) is 19.8. The minimum absolute atomic E-state index is 0.0128. The van der Waals surface area contributed by atoms with E-state index in [0.29, 0.717) is 25.9 Å². The zero-order valence-corrected chi connectivity index (χ0v) is 25.3. The molecule has 0 fully saturated rings. The number of nitrogens with one attached hydrogen (secondary N) is 2. The molecule has 2 atom stereocenters. The number of nitrogens with zero attached hydrogens (tertiary/aromatic N) is 3. The third-order valence-electron chi connectivity index (χ3n) is 6.27. The number of aliphatic imine (C=N–C) groups is 1. The number of carboxylic acids is 1. The first kappa shape index (κ1) is 37.8. The van der Waals surface area contributed by atoms with Crippen LogP contribution < -0.4 is 27.8 Å². The van der Waals surface area contributed by atoms with E-state index >= 15 is 0 Å². The maximum Gasteiger partial charge on any atom is 0.300 e. The molecule has 3 amide bonds. The number of nitro benzene ring substituents is 1. The highest BCUT2D eigenvalue weighted by Crippen LogP contribution is 2.13. The lowest BCUT2D eigenvalue weighted by Crippen LogP contribution is -2.53. The van der Waals surface area contributed by atoms with E-state index in [0.717, 1.165) is 18.1 Å². The fourth-order valence-electron chi connectivity index (χ4n) is 3.94. The van der Waals surface area contributed by atoms with Gasteiger partial charge in [-0.15, -0.1) is 0 Å². The van der Waals surface area contributed by atoms with Gasteiger partial charge in [-0.05, 0) is 55.9 Å². The van der Waals surface area contributed by atoms with Crippen molar-refractivity contribution in [3.8, 4) is 5.75 Å². The Kier molecular flexibility index (Phi) is 16.7. The van der Waals surface area contributed by atoms with Crippen molar-refractivity contribution in [1.29, 1.82) is 0 Å². The second-order valence-corrected chi connectivity index (χ2v) is 9.87. The molecule has 16 nitrogen and oxygen atoms in total. The van der Waals surface area contributed by atoms with E-state index < -0.39 is 34.8 Å². The fourth-order valence-corrected chi connectivity index (χ4v) is 3.94. The summed E-state index contributed by atoms with van der Waals surface area (Å²) in [5.41, 5.74) is 18.3. The van der Waals surface area contributed by atoms with Crippen molar-refractivity contribution in [3.05, 3.63) is 69.8 Å². The van der Waals surface area contributed by atoms with Crippen LogP contribution in [0.3, 0.4) is 0 Å². The molecular formula is C29H42N8O8. The number of aliphatic carboxylic acids is 1. The summed E-state index contributed by atoms with van der Waals surface area (Å²) in [4.78, 5) is 63.4. The van der Waals surface area contributed by atoms with E-state index in [4.69, 9.17) is 27.1 Å². The number of carbonyl (C=O) groups excluding carboxylic acids is 3. The number of hydrogen-bond acceptors (Lipinski definition) is 9. The summed E-state index contributed by atoms with van der Waals surface area (Å²) in [7, 11) is 0. The third-order valence-corrected chi connectivity index (χ3v) is 6.27. The van der Waals surface area contributed by atoms with E-state index in [2.05, 4.69) is 15.6 Å². The Morgan fingerprint density at radius 2 is 1.60 bits per heavy atom. The molecule has 16 heteroatoms. The lowest BCUT2D eigenvalue weighted by atomic mass is 10.0. The van der Waals surface area contributed by atoms with Crippen LogP contribution in [0.4, 0.5) is 5.69 Å². The van der Waals surface area contributed by atoms with Crippen molar-refractivity contribution in [2.75, 3.05) is 26.2 Å². The first-order chi connectivity index (χ1) is 21.2. The van der Waals surface area contributed by atoms with Gasteiger partial charge in [0.15, 0.2) is 5.96 Å². The monoisotopic (exact) mass is 630 g/mol. The van der Waals surface area contributed by atoms with Crippen LogP contribution >= 0.6 is 0 Å². The average molecular weight is 631 g/mol. The number of carboxylic acid groups (broad SMARTS) is 1. The molecule has 10 N–H and O–H groups in total. The van der Waals surface area contributed by atoms with Crippen molar-refractivity contribution in [3.63, 3.8) is 0 Å². The molecule has 0 heterocycles. The number of guanidine groups is 1. The number of phenolic OH excluding ortho intramolecular Hbond substituents is 1. The van der Waals surface area contributed by atoms with Crippen LogP contribution in [0.25, 0.3) is 0 Å².